The Balaban J connectivity index is 2.04. The van der Waals surface area contributed by atoms with Gasteiger partial charge in [-0.25, -0.2) is 9.78 Å². The fourth-order valence-electron chi connectivity index (χ4n) is 3.17. The summed E-state index contributed by atoms with van der Waals surface area (Å²) >= 11 is 0. The summed E-state index contributed by atoms with van der Waals surface area (Å²) in [5, 5.41) is 11.9. The molecule has 0 saturated heterocycles. The van der Waals surface area contributed by atoms with E-state index in [4.69, 9.17) is 0 Å². The van der Waals surface area contributed by atoms with E-state index in [1.807, 2.05) is 53.2 Å². The van der Waals surface area contributed by atoms with Gasteiger partial charge in [0.1, 0.15) is 5.82 Å². The molecule has 0 spiro atoms. The van der Waals surface area contributed by atoms with Gasteiger partial charge in [0, 0.05) is 17.5 Å². The number of fused-ring (bicyclic) bond motifs is 1. The van der Waals surface area contributed by atoms with Crippen LogP contribution in [0.5, 0.6) is 0 Å². The minimum Gasteiger partial charge on any atom is -0.478 e. The number of nitrogens with zero attached hydrogens (tertiary/aromatic N) is 2. The van der Waals surface area contributed by atoms with Gasteiger partial charge in [-0.3, -0.25) is 0 Å². The summed E-state index contributed by atoms with van der Waals surface area (Å²) in [7, 11) is 0. The number of nitrogens with one attached hydrogen (secondary N) is 1. The van der Waals surface area contributed by atoms with Crippen LogP contribution in [0, 0.1) is 6.92 Å². The molecule has 5 nitrogen and oxygen atoms in total. The van der Waals surface area contributed by atoms with Crippen molar-refractivity contribution in [3.63, 3.8) is 0 Å². The highest BCUT2D eigenvalue weighted by molar-refractivity contribution is 6.04. The SMILES string of the molecule is Cc1c(C(=O)O)c(-c2cccc3ccccc23)cn1-c1cnc[nH]1. The topological polar surface area (TPSA) is 70.9 Å². The molecule has 0 radical (unpaired) electrons. The van der Waals surface area contributed by atoms with Crippen LogP contribution in [0.15, 0.2) is 61.2 Å². The van der Waals surface area contributed by atoms with Crippen molar-refractivity contribution in [3.8, 4) is 16.9 Å². The lowest BCUT2D eigenvalue weighted by atomic mass is 9.97. The van der Waals surface area contributed by atoms with Crippen molar-refractivity contribution in [2.45, 2.75) is 6.92 Å². The van der Waals surface area contributed by atoms with Crippen molar-refractivity contribution in [1.82, 2.24) is 14.5 Å². The van der Waals surface area contributed by atoms with Gasteiger partial charge in [0.2, 0.25) is 0 Å². The fourth-order valence-corrected chi connectivity index (χ4v) is 3.17. The summed E-state index contributed by atoms with van der Waals surface area (Å²) in [6.45, 7) is 1.80. The Morgan fingerprint density at radius 2 is 1.92 bits per heavy atom. The van der Waals surface area contributed by atoms with Crippen LogP contribution in [-0.2, 0) is 0 Å². The molecule has 24 heavy (non-hydrogen) atoms. The molecule has 0 amide bonds. The van der Waals surface area contributed by atoms with Crippen molar-refractivity contribution in [3.05, 3.63) is 72.4 Å². The van der Waals surface area contributed by atoms with Gasteiger partial charge < -0.3 is 14.7 Å². The van der Waals surface area contributed by atoms with Crippen LogP contribution >= 0.6 is 0 Å². The van der Waals surface area contributed by atoms with E-state index in [0.717, 1.165) is 22.2 Å². The average molecular weight is 317 g/mol. The van der Waals surface area contributed by atoms with Crippen molar-refractivity contribution < 1.29 is 9.90 Å². The number of rotatable bonds is 3. The van der Waals surface area contributed by atoms with E-state index < -0.39 is 5.97 Å². The number of aromatic amines is 1. The average Bonchev–Trinajstić information content (AvgIpc) is 3.21. The molecule has 0 atom stereocenters. The molecule has 2 N–H and O–H groups in total. The molecular formula is C19H15N3O2. The van der Waals surface area contributed by atoms with E-state index in [9.17, 15) is 9.90 Å². The van der Waals surface area contributed by atoms with Gasteiger partial charge in [0.25, 0.3) is 0 Å². The van der Waals surface area contributed by atoms with Gasteiger partial charge in [-0.2, -0.15) is 0 Å². The third kappa shape index (κ3) is 2.10. The number of aromatic nitrogens is 3. The Morgan fingerprint density at radius 3 is 2.67 bits per heavy atom. The lowest BCUT2D eigenvalue weighted by Crippen LogP contribution is -2.02. The van der Waals surface area contributed by atoms with Gasteiger partial charge in [-0.05, 0) is 23.3 Å². The summed E-state index contributed by atoms with van der Waals surface area (Å²) in [4.78, 5) is 18.9. The van der Waals surface area contributed by atoms with Crippen molar-refractivity contribution >= 4 is 16.7 Å². The highest BCUT2D eigenvalue weighted by Crippen LogP contribution is 2.34. The Morgan fingerprint density at radius 1 is 1.12 bits per heavy atom. The zero-order chi connectivity index (χ0) is 16.7. The zero-order valence-corrected chi connectivity index (χ0v) is 13.0. The Bertz CT molecular complexity index is 1040. The minimum atomic E-state index is -0.936. The smallest absolute Gasteiger partial charge is 0.338 e. The standard InChI is InChI=1S/C19H15N3O2/c1-12-18(19(23)24)16(10-22(12)17-9-20-11-21-17)15-8-4-6-13-5-2-3-7-14(13)15/h2-11H,1H3,(H,20,21)(H,23,24). The first kappa shape index (κ1) is 14.3. The summed E-state index contributed by atoms with van der Waals surface area (Å²) in [6.07, 6.45) is 5.10. The number of hydrogen-bond donors (Lipinski definition) is 2. The predicted molar refractivity (Wildman–Crippen MR) is 92.6 cm³/mol. The highest BCUT2D eigenvalue weighted by Gasteiger charge is 2.22. The molecule has 5 heteroatoms. The molecule has 118 valence electrons. The van der Waals surface area contributed by atoms with Gasteiger partial charge >= 0.3 is 5.97 Å². The molecule has 2 aromatic heterocycles. The van der Waals surface area contributed by atoms with E-state index in [-0.39, 0.29) is 0 Å². The number of carboxylic acid groups (broad SMARTS) is 1. The number of hydrogen-bond acceptors (Lipinski definition) is 2. The maximum atomic E-state index is 11.9. The van der Waals surface area contributed by atoms with Crippen LogP contribution in [0.25, 0.3) is 27.7 Å². The maximum absolute atomic E-state index is 11.9. The second kappa shape index (κ2) is 5.38. The summed E-state index contributed by atoms with van der Waals surface area (Å²) in [5.41, 5.74) is 2.58. The van der Waals surface area contributed by atoms with E-state index in [1.54, 1.807) is 19.4 Å². The van der Waals surface area contributed by atoms with Crippen LogP contribution in [0.2, 0.25) is 0 Å². The molecule has 4 rings (SSSR count). The molecule has 0 fully saturated rings. The number of H-pyrrole nitrogens is 1. The zero-order valence-electron chi connectivity index (χ0n) is 13.0. The molecule has 0 saturated carbocycles. The lowest BCUT2D eigenvalue weighted by Gasteiger charge is -2.06. The van der Waals surface area contributed by atoms with Crippen LogP contribution in [-0.4, -0.2) is 25.6 Å². The molecule has 0 bridgehead atoms. The van der Waals surface area contributed by atoms with Gasteiger partial charge in [0.15, 0.2) is 0 Å². The van der Waals surface area contributed by atoms with Crippen LogP contribution < -0.4 is 0 Å². The first-order valence-corrected chi connectivity index (χ1v) is 7.59. The molecule has 0 aliphatic carbocycles. The predicted octanol–water partition coefficient (Wildman–Crippen LogP) is 4.03. The van der Waals surface area contributed by atoms with Gasteiger partial charge in [-0.15, -0.1) is 0 Å². The lowest BCUT2D eigenvalue weighted by molar-refractivity contribution is 0.0697. The Labute approximate surface area is 138 Å². The van der Waals surface area contributed by atoms with Crippen molar-refractivity contribution in [2.75, 3.05) is 0 Å². The van der Waals surface area contributed by atoms with E-state index in [0.29, 0.717) is 16.8 Å². The largest absolute Gasteiger partial charge is 0.478 e. The molecule has 0 aliphatic heterocycles. The highest BCUT2D eigenvalue weighted by atomic mass is 16.4. The monoisotopic (exact) mass is 317 g/mol. The van der Waals surface area contributed by atoms with Crippen LogP contribution in [0.1, 0.15) is 16.1 Å². The molecule has 0 unspecified atom stereocenters. The van der Waals surface area contributed by atoms with E-state index in [1.165, 1.54) is 0 Å². The van der Waals surface area contributed by atoms with Crippen molar-refractivity contribution in [2.24, 2.45) is 0 Å². The Hall–Kier alpha value is -3.34. The number of benzene rings is 2. The first-order chi connectivity index (χ1) is 11.7. The number of carbonyl (C=O) groups is 1. The van der Waals surface area contributed by atoms with E-state index in [2.05, 4.69) is 9.97 Å². The van der Waals surface area contributed by atoms with Gasteiger partial charge in [0.05, 0.1) is 18.1 Å². The molecule has 0 aliphatic rings. The van der Waals surface area contributed by atoms with Crippen molar-refractivity contribution in [1.29, 1.82) is 0 Å². The molecule has 2 heterocycles. The quantitative estimate of drug-likeness (QED) is 0.599. The molecular weight excluding hydrogens is 302 g/mol. The number of imidazole rings is 1. The second-order valence-corrected chi connectivity index (χ2v) is 5.64. The van der Waals surface area contributed by atoms with Crippen LogP contribution in [0.3, 0.4) is 0 Å². The third-order valence-electron chi connectivity index (χ3n) is 4.29. The third-order valence-corrected chi connectivity index (χ3v) is 4.29. The maximum Gasteiger partial charge on any atom is 0.338 e. The van der Waals surface area contributed by atoms with E-state index >= 15 is 0 Å². The molecule has 2 aromatic carbocycles. The normalized spacial score (nSPS) is 11.0. The minimum absolute atomic E-state index is 0.306. The summed E-state index contributed by atoms with van der Waals surface area (Å²) < 4.78 is 1.83. The second-order valence-electron chi connectivity index (χ2n) is 5.64. The van der Waals surface area contributed by atoms with Gasteiger partial charge in [-0.1, -0.05) is 42.5 Å². The fraction of sp³-hybridized carbons (Fsp3) is 0.0526. The number of carboxylic acids is 1. The molecule has 4 aromatic rings. The van der Waals surface area contributed by atoms with Crippen LogP contribution in [0.4, 0.5) is 0 Å². The first-order valence-electron chi connectivity index (χ1n) is 7.59. The Kier molecular flexibility index (Phi) is 3.20. The summed E-state index contributed by atoms with van der Waals surface area (Å²) in [6, 6.07) is 13.9. The summed E-state index contributed by atoms with van der Waals surface area (Å²) in [5.74, 6) is -0.199. The number of aromatic carboxylic acids is 1.